The number of aromatic nitrogens is 4. The molecule has 7 nitrogen and oxygen atoms in total. The van der Waals surface area contributed by atoms with E-state index in [4.69, 9.17) is 4.74 Å². The Morgan fingerprint density at radius 1 is 1.39 bits per heavy atom. The molecule has 0 aliphatic heterocycles. The van der Waals surface area contributed by atoms with E-state index in [0.29, 0.717) is 23.1 Å². The van der Waals surface area contributed by atoms with Gasteiger partial charge in [0.1, 0.15) is 15.6 Å². The molecule has 0 spiro atoms. The van der Waals surface area contributed by atoms with Crippen molar-refractivity contribution >= 4 is 22.9 Å². The number of thiazole rings is 1. The Morgan fingerprint density at radius 2 is 2.26 bits per heavy atom. The van der Waals surface area contributed by atoms with Gasteiger partial charge in [0.2, 0.25) is 5.88 Å². The summed E-state index contributed by atoms with van der Waals surface area (Å²) in [4.78, 5) is 21.3. The zero-order chi connectivity index (χ0) is 16.2. The predicted molar refractivity (Wildman–Crippen MR) is 87.7 cm³/mol. The summed E-state index contributed by atoms with van der Waals surface area (Å²) in [5.41, 5.74) is 1.42. The van der Waals surface area contributed by atoms with Crippen molar-refractivity contribution in [1.29, 1.82) is 0 Å². The number of rotatable bonds is 5. The molecule has 0 aliphatic carbocycles. The molecular weight excluding hydrogens is 314 g/mol. The minimum absolute atomic E-state index is 0.244. The van der Waals surface area contributed by atoms with Gasteiger partial charge in [-0.15, -0.1) is 11.3 Å². The Balaban J connectivity index is 1.78. The number of pyridine rings is 1. The summed E-state index contributed by atoms with van der Waals surface area (Å²) in [6, 6.07) is 3.49. The van der Waals surface area contributed by atoms with Crippen molar-refractivity contribution in [3.63, 3.8) is 0 Å². The molecule has 0 radical (unpaired) electrons. The molecular formula is C15H15N5O2S. The van der Waals surface area contributed by atoms with Gasteiger partial charge >= 0.3 is 0 Å². The molecule has 23 heavy (non-hydrogen) atoms. The van der Waals surface area contributed by atoms with E-state index < -0.39 is 0 Å². The van der Waals surface area contributed by atoms with Crippen LogP contribution in [-0.4, -0.2) is 32.3 Å². The lowest BCUT2D eigenvalue weighted by atomic mass is 10.4. The lowest BCUT2D eigenvalue weighted by Gasteiger charge is -2.08. The molecule has 0 bridgehead atoms. The molecule has 0 fully saturated rings. The number of carbonyl (C=O) groups is 1. The van der Waals surface area contributed by atoms with E-state index in [1.807, 2.05) is 20.2 Å². The van der Waals surface area contributed by atoms with Crippen LogP contribution in [0.1, 0.15) is 16.6 Å². The fourth-order valence-corrected chi connectivity index (χ4v) is 2.75. The summed E-state index contributed by atoms with van der Waals surface area (Å²) in [6.45, 7) is 2.34. The smallest absolute Gasteiger partial charge is 0.267 e. The van der Waals surface area contributed by atoms with Crippen LogP contribution in [-0.2, 0) is 7.05 Å². The van der Waals surface area contributed by atoms with Gasteiger partial charge in [0.15, 0.2) is 0 Å². The van der Waals surface area contributed by atoms with Crippen LogP contribution < -0.4 is 10.1 Å². The summed E-state index contributed by atoms with van der Waals surface area (Å²) in [5.74, 6) is 0.159. The topological polar surface area (TPSA) is 81.9 Å². The second-order valence-electron chi connectivity index (χ2n) is 4.68. The average molecular weight is 329 g/mol. The summed E-state index contributed by atoms with van der Waals surface area (Å²) in [7, 11) is 1.84. The fraction of sp³-hybridized carbons (Fsp3) is 0.200. The highest BCUT2D eigenvalue weighted by atomic mass is 32.1. The maximum atomic E-state index is 12.4. The molecule has 0 aromatic carbocycles. The summed E-state index contributed by atoms with van der Waals surface area (Å²) in [6.07, 6.45) is 6.75. The van der Waals surface area contributed by atoms with Crippen LogP contribution >= 0.6 is 11.3 Å². The van der Waals surface area contributed by atoms with Gasteiger partial charge in [-0.25, -0.2) is 9.97 Å². The second kappa shape index (κ2) is 6.57. The normalized spacial score (nSPS) is 10.5. The molecule has 0 saturated carbocycles. The molecule has 0 aliphatic rings. The first-order valence-electron chi connectivity index (χ1n) is 7.01. The van der Waals surface area contributed by atoms with Gasteiger partial charge in [-0.2, -0.15) is 5.10 Å². The van der Waals surface area contributed by atoms with Crippen molar-refractivity contribution in [2.75, 3.05) is 11.9 Å². The molecule has 3 aromatic rings. The Labute approximate surface area is 137 Å². The first-order chi connectivity index (χ1) is 11.2. The summed E-state index contributed by atoms with van der Waals surface area (Å²) < 4.78 is 7.10. The number of nitrogens with zero attached hydrogens (tertiary/aromatic N) is 4. The number of anilines is 1. The fourth-order valence-electron chi connectivity index (χ4n) is 1.97. The van der Waals surface area contributed by atoms with E-state index in [-0.39, 0.29) is 5.91 Å². The van der Waals surface area contributed by atoms with Crippen molar-refractivity contribution in [2.24, 2.45) is 7.05 Å². The first-order valence-corrected chi connectivity index (χ1v) is 7.83. The molecule has 8 heteroatoms. The van der Waals surface area contributed by atoms with Crippen LogP contribution in [0, 0.1) is 0 Å². The minimum Gasteiger partial charge on any atom is -0.476 e. The van der Waals surface area contributed by atoms with Crippen LogP contribution in [0.2, 0.25) is 0 Å². The van der Waals surface area contributed by atoms with Gasteiger partial charge in [0, 0.05) is 25.0 Å². The number of hydrogen-bond donors (Lipinski definition) is 1. The zero-order valence-electron chi connectivity index (χ0n) is 12.7. The van der Waals surface area contributed by atoms with Crippen LogP contribution in [0.3, 0.4) is 0 Å². The molecule has 0 saturated heterocycles. The van der Waals surface area contributed by atoms with Crippen molar-refractivity contribution in [2.45, 2.75) is 6.92 Å². The molecule has 1 N–H and O–H groups in total. The highest BCUT2D eigenvalue weighted by Crippen LogP contribution is 2.26. The van der Waals surface area contributed by atoms with Crippen LogP contribution in [0.25, 0.3) is 10.6 Å². The van der Waals surface area contributed by atoms with Crippen molar-refractivity contribution in [3.8, 4) is 16.5 Å². The average Bonchev–Trinajstić information content (AvgIpc) is 3.18. The zero-order valence-corrected chi connectivity index (χ0v) is 13.5. The number of hydrogen-bond acceptors (Lipinski definition) is 6. The molecule has 3 rings (SSSR count). The van der Waals surface area contributed by atoms with E-state index in [0.717, 1.165) is 10.6 Å². The quantitative estimate of drug-likeness (QED) is 0.778. The molecule has 1 amide bonds. The minimum atomic E-state index is -0.244. The third-order valence-electron chi connectivity index (χ3n) is 2.98. The van der Waals surface area contributed by atoms with Gasteiger partial charge in [0.05, 0.1) is 19.0 Å². The largest absolute Gasteiger partial charge is 0.476 e. The third-order valence-corrected chi connectivity index (χ3v) is 4.03. The van der Waals surface area contributed by atoms with E-state index in [1.54, 1.807) is 35.4 Å². The molecule has 118 valence electrons. The van der Waals surface area contributed by atoms with E-state index in [2.05, 4.69) is 20.4 Å². The maximum absolute atomic E-state index is 12.4. The number of ether oxygens (including phenoxy) is 1. The van der Waals surface area contributed by atoms with Crippen molar-refractivity contribution < 1.29 is 9.53 Å². The van der Waals surface area contributed by atoms with Gasteiger partial charge in [-0.05, 0) is 19.1 Å². The van der Waals surface area contributed by atoms with Gasteiger partial charge in [-0.3, -0.25) is 9.48 Å². The lowest BCUT2D eigenvalue weighted by Crippen LogP contribution is -2.12. The highest BCUT2D eigenvalue weighted by molar-refractivity contribution is 7.17. The van der Waals surface area contributed by atoms with Gasteiger partial charge < -0.3 is 10.1 Å². The van der Waals surface area contributed by atoms with Crippen molar-refractivity contribution in [1.82, 2.24) is 19.7 Å². The Kier molecular flexibility index (Phi) is 4.33. The summed E-state index contributed by atoms with van der Waals surface area (Å²) in [5, 5.41) is 7.66. The predicted octanol–water partition coefficient (Wildman–Crippen LogP) is 2.59. The lowest BCUT2D eigenvalue weighted by molar-refractivity contribution is 0.102. The van der Waals surface area contributed by atoms with E-state index in [9.17, 15) is 4.79 Å². The van der Waals surface area contributed by atoms with Crippen LogP contribution in [0.5, 0.6) is 5.88 Å². The second-order valence-corrected chi connectivity index (χ2v) is 5.71. The Hall–Kier alpha value is -2.74. The molecule has 0 atom stereocenters. The Morgan fingerprint density at radius 3 is 3.00 bits per heavy atom. The van der Waals surface area contributed by atoms with Gasteiger partial charge in [-0.1, -0.05) is 0 Å². The molecule has 0 unspecified atom stereocenters. The Bertz CT molecular complexity index is 827. The van der Waals surface area contributed by atoms with Crippen molar-refractivity contribution in [3.05, 3.63) is 41.8 Å². The molecule has 3 heterocycles. The number of carbonyl (C=O) groups excluding carboxylic acids is 1. The van der Waals surface area contributed by atoms with E-state index in [1.165, 1.54) is 11.3 Å². The first kappa shape index (κ1) is 15.2. The van der Waals surface area contributed by atoms with Crippen LogP contribution in [0.15, 0.2) is 36.9 Å². The highest BCUT2D eigenvalue weighted by Gasteiger charge is 2.15. The monoisotopic (exact) mass is 329 g/mol. The SMILES string of the molecule is CCOc1ncccc1NC(=O)c1cnc(-c2cnn(C)c2)s1. The number of amides is 1. The van der Waals surface area contributed by atoms with Crippen LogP contribution in [0.4, 0.5) is 5.69 Å². The maximum Gasteiger partial charge on any atom is 0.267 e. The van der Waals surface area contributed by atoms with Gasteiger partial charge in [0.25, 0.3) is 5.91 Å². The number of aryl methyl sites for hydroxylation is 1. The number of nitrogens with one attached hydrogen (secondary N) is 1. The standard InChI is InChI=1S/C15H15N5O2S/c1-3-22-14-11(5-4-6-16-14)19-13(21)12-8-17-15(23-12)10-7-18-20(2)9-10/h4-9H,3H2,1-2H3,(H,19,21). The summed E-state index contributed by atoms with van der Waals surface area (Å²) >= 11 is 1.31. The van der Waals surface area contributed by atoms with E-state index >= 15 is 0 Å². The molecule has 3 aromatic heterocycles. The third kappa shape index (κ3) is 3.37.